The molecule has 0 aliphatic heterocycles. The van der Waals surface area contributed by atoms with Crippen molar-refractivity contribution in [3.05, 3.63) is 0 Å². The van der Waals surface area contributed by atoms with Gasteiger partial charge in [-0.2, -0.15) is 0 Å². The molecule has 0 bridgehead atoms. The van der Waals surface area contributed by atoms with E-state index in [0.29, 0.717) is 0 Å². The Hall–Kier alpha value is -13.0. The fourth-order valence-corrected chi connectivity index (χ4v) is 5.71. The minimum absolute atomic E-state index is 1.14. The van der Waals surface area contributed by atoms with Gasteiger partial charge in [0.2, 0.25) is 0 Å². The van der Waals surface area contributed by atoms with Crippen molar-refractivity contribution in [3.8, 4) is 0 Å². The maximum Gasteiger partial charge on any atom is 0.336 e. The van der Waals surface area contributed by atoms with Crippen molar-refractivity contribution in [2.24, 2.45) is 0 Å². The molecule has 0 aliphatic rings. The van der Waals surface area contributed by atoms with Gasteiger partial charge in [0.05, 0.1) is 103 Å². The molecule has 0 amide bonds. The van der Waals surface area contributed by atoms with Crippen molar-refractivity contribution in [3.63, 3.8) is 0 Å². The number of carbonyl (C=O) groups is 24. The summed E-state index contributed by atoms with van der Waals surface area (Å²) in [5.41, 5.74) is -21.9. The van der Waals surface area contributed by atoms with Gasteiger partial charge in [-0.25, -0.2) is 38.4 Å². The first kappa shape index (κ1) is 107. The van der Waals surface area contributed by atoms with Crippen LogP contribution in [0.5, 0.6) is 0 Å². The second-order valence-electron chi connectivity index (χ2n) is 19.8. The normalized spacial score (nSPS) is 10.8. The summed E-state index contributed by atoms with van der Waals surface area (Å²) in [5, 5.41) is 270. The van der Waals surface area contributed by atoms with Gasteiger partial charge in [0.25, 0.3) is 0 Å². The van der Waals surface area contributed by atoms with Crippen LogP contribution in [0.1, 0.15) is 103 Å². The van der Waals surface area contributed by atoms with Crippen LogP contribution in [0.2, 0.25) is 0 Å². The van der Waals surface area contributed by atoms with Crippen molar-refractivity contribution in [1.29, 1.82) is 0 Å². The molecule has 0 aliphatic carbocycles. The van der Waals surface area contributed by atoms with E-state index >= 15 is 0 Å². The number of hydrogen-bond acceptors (Lipinski definition) is 32. The van der Waals surface area contributed by atoms with Crippen LogP contribution in [0.25, 0.3) is 0 Å². The molecule has 0 radical (unpaired) electrons. The molecule has 0 saturated heterocycles. The number of rotatable bonds is 40. The molecule has 0 heterocycles. The Labute approximate surface area is 568 Å². The second-order valence-corrected chi connectivity index (χ2v) is 19.8. The monoisotopic (exact) mass is 1540 g/mol. The highest BCUT2D eigenvalue weighted by atomic mass is 16.5. The Morgan fingerprint density at radius 3 is 0.173 bits per heavy atom. The zero-order valence-corrected chi connectivity index (χ0v) is 51.4. The van der Waals surface area contributed by atoms with Gasteiger partial charge in [-0.05, 0) is 0 Å². The lowest BCUT2D eigenvalue weighted by Crippen LogP contribution is -2.42. The minimum Gasteiger partial charge on any atom is -0.481 e. The second kappa shape index (κ2) is 47.1. The van der Waals surface area contributed by atoms with E-state index in [0.717, 1.165) is 0 Å². The van der Waals surface area contributed by atoms with Gasteiger partial charge in [-0.1, -0.05) is 0 Å². The van der Waals surface area contributed by atoms with Crippen LogP contribution in [0.3, 0.4) is 0 Å². The SMILES string of the molecule is O=C(O)CC(O)(CC(=O)O)C(=O)O.O=C(O)CC(O)(CC(=O)O)C(=O)O.O=C(O)CC(O)(CC(=O)O)C(=O)O.O=C(O)CC(O)(CC(=O)O)C(=O)O.O=C(O)CC(O)(CC(=O)O)C(=O)O.O=C(O)CC(O)(CC(=O)O)C(=O)O.O=C(O)CC(O)(CC(=O)O)C(=O)O.O=C(O)CC(O)(CC(=O)O)C(=O)O. The van der Waals surface area contributed by atoms with Gasteiger partial charge in [0, 0.05) is 0 Å². The quantitative estimate of drug-likeness (QED) is 0.0271. The minimum atomic E-state index is -2.74. The van der Waals surface area contributed by atoms with E-state index in [1.807, 2.05) is 0 Å². The summed E-state index contributed by atoms with van der Waals surface area (Å²) in [6.07, 6.45) is -18.3. The zero-order chi connectivity index (χ0) is 85.2. The van der Waals surface area contributed by atoms with Gasteiger partial charge in [0.15, 0.2) is 44.8 Å². The number of aliphatic hydroxyl groups is 8. The predicted octanol–water partition coefficient (Wildman–Crippen LogP) is -9.99. The average Bonchev–Trinajstić information content (AvgIpc) is 0.936. The van der Waals surface area contributed by atoms with E-state index in [1.165, 1.54) is 0 Å². The van der Waals surface area contributed by atoms with Crippen LogP contribution >= 0.6 is 0 Å². The van der Waals surface area contributed by atoms with Gasteiger partial charge in [0.1, 0.15) is 0 Å². The lowest BCUT2D eigenvalue weighted by Gasteiger charge is -2.18. The van der Waals surface area contributed by atoms with Gasteiger partial charge < -0.3 is 163 Å². The molecule has 0 saturated carbocycles. The van der Waals surface area contributed by atoms with Crippen LogP contribution in [-0.4, -0.2) is 351 Å². The summed E-state index contributed by atoms with van der Waals surface area (Å²) in [4.78, 5) is 244. The number of aliphatic carboxylic acids is 24. The molecule has 0 aromatic heterocycles. The van der Waals surface area contributed by atoms with Crippen LogP contribution in [-0.2, 0) is 115 Å². The number of carboxylic acid groups (broad SMARTS) is 24. The summed E-state index contributed by atoms with van der Waals surface area (Å²) >= 11 is 0. The fourth-order valence-electron chi connectivity index (χ4n) is 5.71. The third kappa shape index (κ3) is 52.1. The zero-order valence-electron chi connectivity index (χ0n) is 51.4. The molecule has 56 nitrogen and oxygen atoms in total. The van der Waals surface area contributed by atoms with E-state index in [9.17, 15) is 115 Å². The molecular formula is C48H64O56. The smallest absolute Gasteiger partial charge is 0.336 e. The Morgan fingerprint density at radius 1 is 0.115 bits per heavy atom. The highest BCUT2D eigenvalue weighted by Gasteiger charge is 2.46. The average molecular weight is 1540 g/mol. The van der Waals surface area contributed by atoms with Crippen molar-refractivity contribution < 1.29 is 278 Å². The van der Waals surface area contributed by atoms with Crippen LogP contribution in [0.4, 0.5) is 0 Å². The Bertz CT molecular complexity index is 2440. The first-order chi connectivity index (χ1) is 46.2. The third-order valence-electron chi connectivity index (χ3n) is 10.3. The van der Waals surface area contributed by atoms with Crippen molar-refractivity contribution in [2.45, 2.75) is 148 Å². The highest BCUT2D eigenvalue weighted by molar-refractivity contribution is 5.93. The van der Waals surface area contributed by atoms with Gasteiger partial charge in [-0.15, -0.1) is 0 Å². The number of carboxylic acids is 24. The van der Waals surface area contributed by atoms with Crippen LogP contribution in [0.15, 0.2) is 0 Å². The Kier molecular flexibility index (Phi) is 48.4. The Morgan fingerprint density at radius 2 is 0.154 bits per heavy atom. The first-order valence-electron chi connectivity index (χ1n) is 25.4. The van der Waals surface area contributed by atoms with Gasteiger partial charge in [-0.3, -0.25) is 76.7 Å². The molecule has 0 fully saturated rings. The van der Waals surface area contributed by atoms with E-state index in [-0.39, 0.29) is 0 Å². The third-order valence-corrected chi connectivity index (χ3v) is 10.3. The lowest BCUT2D eigenvalue weighted by atomic mass is 9.96. The van der Waals surface area contributed by atoms with Crippen molar-refractivity contribution in [2.75, 3.05) is 0 Å². The van der Waals surface area contributed by atoms with E-state index in [2.05, 4.69) is 0 Å². The molecular weight excluding hydrogens is 1470 g/mol. The van der Waals surface area contributed by atoms with Gasteiger partial charge >= 0.3 is 143 Å². The topological polar surface area (TPSA) is 1060 Å². The van der Waals surface area contributed by atoms with E-state index < -0.39 is 291 Å². The molecule has 0 rings (SSSR count). The molecule has 0 aromatic rings. The maximum absolute atomic E-state index is 10.3. The molecule has 56 heteroatoms. The van der Waals surface area contributed by atoms with Crippen LogP contribution < -0.4 is 0 Å². The first-order valence-corrected chi connectivity index (χ1v) is 25.4. The van der Waals surface area contributed by atoms with E-state index in [1.54, 1.807) is 0 Å². The summed E-state index contributed by atoms with van der Waals surface area (Å²) in [6, 6.07) is 0. The molecule has 0 atom stereocenters. The molecule has 104 heavy (non-hydrogen) atoms. The summed E-state index contributed by atoms with van der Waals surface area (Å²) in [5.74, 6) is -40.2. The molecule has 0 spiro atoms. The summed E-state index contributed by atoms with van der Waals surface area (Å²) < 4.78 is 0. The van der Waals surface area contributed by atoms with Crippen molar-refractivity contribution >= 4 is 143 Å². The van der Waals surface area contributed by atoms with Crippen molar-refractivity contribution in [1.82, 2.24) is 0 Å². The maximum atomic E-state index is 10.3. The fraction of sp³-hybridized carbons (Fsp3) is 0.500. The lowest BCUT2D eigenvalue weighted by molar-refractivity contribution is -0.170. The highest BCUT2D eigenvalue weighted by Crippen LogP contribution is 2.22. The van der Waals surface area contributed by atoms with Crippen LogP contribution in [0, 0.1) is 0 Å². The molecule has 0 unspecified atom stereocenters. The molecule has 592 valence electrons. The summed E-state index contributed by atoms with van der Waals surface area (Å²) in [6.45, 7) is 0. The predicted molar refractivity (Wildman–Crippen MR) is 297 cm³/mol. The number of hydrogen-bond donors (Lipinski definition) is 32. The summed E-state index contributed by atoms with van der Waals surface area (Å²) in [7, 11) is 0. The standard InChI is InChI=1S/8C6H8O7/c8*7-3(8)1-6(13,5(11)12)2-4(9)10/h8*13H,1-2H2,(H,7,8)(H,9,10)(H,11,12). The molecule has 32 N–H and O–H groups in total. The largest absolute Gasteiger partial charge is 0.481 e. The Balaban J connectivity index is -0.000000169. The van der Waals surface area contributed by atoms with E-state index in [4.69, 9.17) is 163 Å². The molecule has 0 aromatic carbocycles.